The second kappa shape index (κ2) is 9.53. The van der Waals surface area contributed by atoms with Gasteiger partial charge >= 0.3 is 0 Å². The van der Waals surface area contributed by atoms with E-state index in [0.717, 1.165) is 10.8 Å². The number of carbonyl (C=O) groups is 2. The Bertz CT molecular complexity index is 2010. The van der Waals surface area contributed by atoms with E-state index in [9.17, 15) is 14.4 Å². The lowest BCUT2D eigenvalue weighted by atomic mass is 10.1. The number of Topliss-reactive ketones (excluding diaryl/α,β-unsaturated/α-hetero) is 1. The summed E-state index contributed by atoms with van der Waals surface area (Å²) >= 11 is 0. The highest BCUT2D eigenvalue weighted by atomic mass is 16.5. The molecule has 0 aliphatic carbocycles. The third-order valence-electron chi connectivity index (χ3n) is 7.11. The Morgan fingerprint density at radius 2 is 1.70 bits per heavy atom. The standard InChI is InChI=1S/C31H25N3O6/c1-16(35)18-5-7-19(8-6-18)33-30(36)17(2)40-20-9-11-24-23(15-20)21-13-14-32-27-22-10-12-25(38-3)29(39-4)26(22)31(37)34(24)28(21)27/h5-15,17H,1-4H3,(H,33,36)/t17-/m0/s1. The number of ketones is 1. The molecule has 3 aromatic carbocycles. The third-order valence-corrected chi connectivity index (χ3v) is 7.11. The van der Waals surface area contributed by atoms with Gasteiger partial charge < -0.3 is 19.5 Å². The van der Waals surface area contributed by atoms with E-state index in [2.05, 4.69) is 10.3 Å². The molecule has 6 rings (SSSR count). The summed E-state index contributed by atoms with van der Waals surface area (Å²) in [5, 5.41) is 5.48. The van der Waals surface area contributed by atoms with E-state index in [4.69, 9.17) is 14.2 Å². The zero-order chi connectivity index (χ0) is 28.1. The molecule has 3 heterocycles. The second-order valence-electron chi connectivity index (χ2n) is 9.48. The largest absolute Gasteiger partial charge is 0.493 e. The molecule has 40 heavy (non-hydrogen) atoms. The zero-order valence-corrected chi connectivity index (χ0v) is 22.3. The maximum absolute atomic E-state index is 13.9. The highest BCUT2D eigenvalue weighted by Crippen LogP contribution is 2.39. The maximum Gasteiger partial charge on any atom is 0.267 e. The average molecular weight is 536 g/mol. The molecule has 1 amide bonds. The minimum Gasteiger partial charge on any atom is -0.493 e. The van der Waals surface area contributed by atoms with Crippen LogP contribution in [-0.2, 0) is 4.79 Å². The molecule has 200 valence electrons. The molecule has 0 bridgehead atoms. The summed E-state index contributed by atoms with van der Waals surface area (Å²) in [6.45, 7) is 3.14. The predicted molar refractivity (Wildman–Crippen MR) is 153 cm³/mol. The van der Waals surface area contributed by atoms with Crippen LogP contribution in [0.5, 0.6) is 17.2 Å². The number of amides is 1. The number of aromatic nitrogens is 2. The fraction of sp³-hybridized carbons (Fsp3) is 0.161. The van der Waals surface area contributed by atoms with E-state index in [1.165, 1.54) is 21.1 Å². The minimum atomic E-state index is -0.811. The molecule has 6 aromatic rings. The van der Waals surface area contributed by atoms with Crippen LogP contribution in [0.25, 0.3) is 38.1 Å². The number of methoxy groups -OCH3 is 2. The van der Waals surface area contributed by atoms with Crippen LogP contribution in [-0.4, -0.2) is 41.4 Å². The molecule has 0 aliphatic rings. The van der Waals surface area contributed by atoms with Gasteiger partial charge in [0.15, 0.2) is 23.4 Å². The molecule has 0 aliphatic heterocycles. The molecule has 9 nitrogen and oxygen atoms in total. The van der Waals surface area contributed by atoms with Crippen molar-refractivity contribution in [3.63, 3.8) is 0 Å². The molecule has 0 saturated heterocycles. The molecule has 1 N–H and O–H groups in total. The van der Waals surface area contributed by atoms with Gasteiger partial charge in [0.2, 0.25) is 0 Å². The first kappa shape index (κ1) is 25.1. The number of fused-ring (bicyclic) bond motifs is 5. The number of ether oxygens (including phenoxy) is 3. The molecule has 9 heteroatoms. The van der Waals surface area contributed by atoms with E-state index in [1.807, 2.05) is 18.2 Å². The van der Waals surface area contributed by atoms with Gasteiger partial charge in [-0.25, -0.2) is 0 Å². The minimum absolute atomic E-state index is 0.0472. The van der Waals surface area contributed by atoms with Gasteiger partial charge in [0, 0.05) is 33.6 Å². The number of pyridine rings is 2. The predicted octanol–water partition coefficient (Wildman–Crippen LogP) is 5.22. The fourth-order valence-electron chi connectivity index (χ4n) is 5.16. The molecule has 3 aromatic heterocycles. The molecule has 0 radical (unpaired) electrons. The van der Waals surface area contributed by atoms with Crippen molar-refractivity contribution in [3.8, 4) is 17.2 Å². The van der Waals surface area contributed by atoms with E-state index in [0.29, 0.717) is 55.8 Å². The molecule has 0 unspecified atom stereocenters. The normalized spacial score (nSPS) is 12.2. The highest BCUT2D eigenvalue weighted by molar-refractivity contribution is 6.19. The van der Waals surface area contributed by atoms with Crippen LogP contribution in [0.15, 0.2) is 71.7 Å². The first-order valence-electron chi connectivity index (χ1n) is 12.6. The second-order valence-corrected chi connectivity index (χ2v) is 9.48. The van der Waals surface area contributed by atoms with Crippen LogP contribution in [0.1, 0.15) is 24.2 Å². The topological polar surface area (TPSA) is 108 Å². The first-order valence-corrected chi connectivity index (χ1v) is 12.6. The first-order chi connectivity index (χ1) is 19.3. The summed E-state index contributed by atoms with van der Waals surface area (Å²) in [5.41, 5.74) is 2.92. The number of hydrogen-bond acceptors (Lipinski definition) is 7. The number of nitrogens with zero attached hydrogens (tertiary/aromatic N) is 2. The molecule has 0 saturated carbocycles. The summed E-state index contributed by atoms with van der Waals surface area (Å²) in [6, 6.07) is 17.5. The van der Waals surface area contributed by atoms with Gasteiger partial charge in [-0.3, -0.25) is 23.8 Å². The summed E-state index contributed by atoms with van der Waals surface area (Å²) in [5.74, 6) is 0.901. The number of carbonyl (C=O) groups excluding carboxylic acids is 2. The average Bonchev–Trinajstić information content (AvgIpc) is 3.30. The van der Waals surface area contributed by atoms with Crippen molar-refractivity contribution in [2.75, 3.05) is 19.5 Å². The molecular weight excluding hydrogens is 510 g/mol. The Labute approximate surface area is 228 Å². The van der Waals surface area contributed by atoms with Crippen LogP contribution in [0, 0.1) is 0 Å². The van der Waals surface area contributed by atoms with Crippen LogP contribution in [0.2, 0.25) is 0 Å². The van der Waals surface area contributed by atoms with Gasteiger partial charge in [-0.15, -0.1) is 0 Å². The van der Waals surface area contributed by atoms with Gasteiger partial charge in [0.1, 0.15) is 5.75 Å². The van der Waals surface area contributed by atoms with Crippen molar-refractivity contribution in [3.05, 3.63) is 82.8 Å². The Kier molecular flexibility index (Phi) is 5.99. The number of anilines is 1. The number of benzene rings is 3. The lowest BCUT2D eigenvalue weighted by molar-refractivity contribution is -0.122. The SMILES string of the molecule is COc1ccc2c(c1OC)c(=O)n1c3ccc(O[C@@H](C)C(=O)Nc4ccc(C(C)=O)cc4)cc3c3ccnc2c31. The number of hydrogen-bond donors (Lipinski definition) is 1. The van der Waals surface area contributed by atoms with Gasteiger partial charge in [0.25, 0.3) is 11.5 Å². The summed E-state index contributed by atoms with van der Waals surface area (Å²) in [4.78, 5) is 42.8. The van der Waals surface area contributed by atoms with E-state index in [1.54, 1.807) is 60.0 Å². The number of rotatable bonds is 7. The molecule has 0 fully saturated rings. The molecular formula is C31H25N3O6. The monoisotopic (exact) mass is 535 g/mol. The van der Waals surface area contributed by atoms with Gasteiger partial charge in [-0.05, 0) is 74.5 Å². The summed E-state index contributed by atoms with van der Waals surface area (Å²) < 4.78 is 18.7. The van der Waals surface area contributed by atoms with Crippen molar-refractivity contribution >= 4 is 55.5 Å². The van der Waals surface area contributed by atoms with E-state index < -0.39 is 6.10 Å². The van der Waals surface area contributed by atoms with Crippen molar-refractivity contribution in [2.45, 2.75) is 20.0 Å². The van der Waals surface area contributed by atoms with Gasteiger partial charge in [-0.1, -0.05) is 0 Å². The van der Waals surface area contributed by atoms with Gasteiger partial charge in [-0.2, -0.15) is 0 Å². The summed E-state index contributed by atoms with van der Waals surface area (Å²) in [6.07, 6.45) is 0.896. The van der Waals surface area contributed by atoms with Crippen LogP contribution in [0.3, 0.4) is 0 Å². The van der Waals surface area contributed by atoms with Crippen molar-refractivity contribution in [2.24, 2.45) is 0 Å². The van der Waals surface area contributed by atoms with Crippen LogP contribution >= 0.6 is 0 Å². The molecule has 0 spiro atoms. The highest BCUT2D eigenvalue weighted by Gasteiger charge is 2.23. The Hall–Kier alpha value is -5.18. The van der Waals surface area contributed by atoms with Crippen molar-refractivity contribution in [1.29, 1.82) is 0 Å². The third kappa shape index (κ3) is 3.86. The quantitative estimate of drug-likeness (QED) is 0.221. The zero-order valence-electron chi connectivity index (χ0n) is 22.3. The maximum atomic E-state index is 13.9. The lowest BCUT2D eigenvalue weighted by Gasteiger charge is -2.15. The summed E-state index contributed by atoms with van der Waals surface area (Å²) in [7, 11) is 3.03. The Balaban J connectivity index is 1.41. The lowest BCUT2D eigenvalue weighted by Crippen LogP contribution is -2.30. The van der Waals surface area contributed by atoms with Crippen LogP contribution in [0.4, 0.5) is 5.69 Å². The van der Waals surface area contributed by atoms with Crippen LogP contribution < -0.4 is 25.1 Å². The number of nitrogens with one attached hydrogen (secondary N) is 1. The molecule has 1 atom stereocenters. The van der Waals surface area contributed by atoms with E-state index >= 15 is 0 Å². The Morgan fingerprint density at radius 1 is 0.925 bits per heavy atom. The fourth-order valence-corrected chi connectivity index (χ4v) is 5.16. The van der Waals surface area contributed by atoms with E-state index in [-0.39, 0.29) is 17.2 Å². The smallest absolute Gasteiger partial charge is 0.267 e. The van der Waals surface area contributed by atoms with Crippen molar-refractivity contribution in [1.82, 2.24) is 9.38 Å². The van der Waals surface area contributed by atoms with Crippen molar-refractivity contribution < 1.29 is 23.8 Å². The van der Waals surface area contributed by atoms with Gasteiger partial charge in [0.05, 0.1) is 36.2 Å². The Morgan fingerprint density at radius 3 is 2.40 bits per heavy atom.